The molecule has 1 N–H and O–H groups in total. The summed E-state index contributed by atoms with van der Waals surface area (Å²) in [7, 11) is 0. The van der Waals surface area contributed by atoms with Crippen LogP contribution in [0.25, 0.3) is 0 Å². The Morgan fingerprint density at radius 2 is 1.68 bits per heavy atom. The first-order valence-electron chi connectivity index (χ1n) is 7.28. The van der Waals surface area contributed by atoms with Gasteiger partial charge in [0.15, 0.2) is 0 Å². The molecule has 108 valence electrons. The fourth-order valence-electron chi connectivity index (χ4n) is 1.97. The number of unbranched alkanes of at least 4 members (excludes halogenated alkanes) is 5. The molecule has 0 aliphatic heterocycles. The van der Waals surface area contributed by atoms with Gasteiger partial charge in [0.2, 0.25) is 0 Å². The van der Waals surface area contributed by atoms with E-state index in [1.54, 1.807) is 11.8 Å². The third-order valence-corrected chi connectivity index (χ3v) is 4.56. The van der Waals surface area contributed by atoms with Gasteiger partial charge in [-0.1, -0.05) is 57.0 Å². The monoisotopic (exact) mass is 300 g/mol. The van der Waals surface area contributed by atoms with Crippen LogP contribution in [0.5, 0.6) is 0 Å². The van der Waals surface area contributed by atoms with Crippen LogP contribution < -0.4 is 0 Å². The zero-order valence-corrected chi connectivity index (χ0v) is 13.3. The Hall–Kier alpha value is -0.180. The number of rotatable bonds is 10. The highest BCUT2D eigenvalue weighted by molar-refractivity contribution is 7.99. The van der Waals surface area contributed by atoms with E-state index in [2.05, 4.69) is 6.92 Å². The largest absolute Gasteiger partial charge is 0.392 e. The summed E-state index contributed by atoms with van der Waals surface area (Å²) in [5.41, 5.74) is 0. The minimum atomic E-state index is -0.188. The summed E-state index contributed by atoms with van der Waals surface area (Å²) >= 11 is 7.54. The fraction of sp³-hybridized carbons (Fsp3) is 0.625. The van der Waals surface area contributed by atoms with Gasteiger partial charge in [0, 0.05) is 15.7 Å². The Bertz CT molecular complexity index is 326. The van der Waals surface area contributed by atoms with E-state index < -0.39 is 0 Å². The van der Waals surface area contributed by atoms with Gasteiger partial charge in [-0.15, -0.1) is 11.8 Å². The van der Waals surface area contributed by atoms with E-state index in [0.29, 0.717) is 0 Å². The predicted molar refractivity (Wildman–Crippen MR) is 86.2 cm³/mol. The van der Waals surface area contributed by atoms with Crippen LogP contribution in [0.4, 0.5) is 0 Å². The number of halogens is 1. The van der Waals surface area contributed by atoms with Gasteiger partial charge in [-0.25, -0.2) is 0 Å². The Morgan fingerprint density at radius 3 is 2.37 bits per heavy atom. The van der Waals surface area contributed by atoms with Gasteiger partial charge in [-0.3, -0.25) is 0 Å². The molecule has 19 heavy (non-hydrogen) atoms. The fourth-order valence-corrected chi connectivity index (χ4v) is 2.97. The van der Waals surface area contributed by atoms with Crippen LogP contribution in [0.2, 0.25) is 5.02 Å². The normalized spacial score (nSPS) is 12.6. The van der Waals surface area contributed by atoms with Crippen LogP contribution in [0.15, 0.2) is 29.2 Å². The Kier molecular flexibility index (Phi) is 9.40. The summed E-state index contributed by atoms with van der Waals surface area (Å²) in [5, 5.41) is 10.7. The second-order valence-electron chi connectivity index (χ2n) is 4.98. The third-order valence-electron chi connectivity index (χ3n) is 3.15. The number of thioether (sulfide) groups is 1. The van der Waals surface area contributed by atoms with Crippen molar-refractivity contribution in [1.82, 2.24) is 0 Å². The van der Waals surface area contributed by atoms with Crippen molar-refractivity contribution in [2.45, 2.75) is 62.9 Å². The van der Waals surface area contributed by atoms with E-state index in [0.717, 1.165) is 23.6 Å². The van der Waals surface area contributed by atoms with E-state index in [1.807, 2.05) is 24.3 Å². The highest BCUT2D eigenvalue weighted by Crippen LogP contribution is 2.22. The van der Waals surface area contributed by atoms with E-state index in [9.17, 15) is 5.11 Å². The Balaban J connectivity index is 2.04. The molecule has 0 heterocycles. The van der Waals surface area contributed by atoms with E-state index in [1.165, 1.54) is 37.0 Å². The first-order valence-corrected chi connectivity index (χ1v) is 8.65. The molecule has 3 heteroatoms. The molecule has 0 radical (unpaired) electrons. The minimum Gasteiger partial charge on any atom is -0.392 e. The molecule has 1 aromatic carbocycles. The van der Waals surface area contributed by atoms with Gasteiger partial charge < -0.3 is 5.11 Å². The topological polar surface area (TPSA) is 20.2 Å². The molecule has 0 aromatic heterocycles. The van der Waals surface area contributed by atoms with Crippen molar-refractivity contribution in [3.8, 4) is 0 Å². The quantitative estimate of drug-likeness (QED) is 0.452. The molecule has 1 aromatic rings. The molecule has 0 saturated heterocycles. The smallest absolute Gasteiger partial charge is 0.0634 e. The number of hydrogen-bond donors (Lipinski definition) is 1. The molecule has 0 spiro atoms. The standard InChI is InChI=1S/C16H25ClOS/c1-2-3-4-5-6-7-8-15(18)13-19-16-11-9-14(17)10-12-16/h9-12,15,18H,2-8,13H2,1H3. The van der Waals surface area contributed by atoms with Crippen molar-refractivity contribution in [3.05, 3.63) is 29.3 Å². The first-order chi connectivity index (χ1) is 9.22. The highest BCUT2D eigenvalue weighted by atomic mass is 35.5. The van der Waals surface area contributed by atoms with Crippen molar-refractivity contribution in [1.29, 1.82) is 0 Å². The van der Waals surface area contributed by atoms with Crippen molar-refractivity contribution < 1.29 is 5.11 Å². The van der Waals surface area contributed by atoms with E-state index >= 15 is 0 Å². The summed E-state index contributed by atoms with van der Waals surface area (Å²) < 4.78 is 0. The maximum atomic E-state index is 9.92. The zero-order valence-electron chi connectivity index (χ0n) is 11.8. The molecule has 0 amide bonds. The van der Waals surface area contributed by atoms with Gasteiger partial charge >= 0.3 is 0 Å². The number of aliphatic hydroxyl groups excluding tert-OH is 1. The molecular formula is C16H25ClOS. The molecular weight excluding hydrogens is 276 g/mol. The molecule has 0 aliphatic rings. The van der Waals surface area contributed by atoms with Crippen LogP contribution in [0.3, 0.4) is 0 Å². The van der Waals surface area contributed by atoms with E-state index in [4.69, 9.17) is 11.6 Å². The maximum Gasteiger partial charge on any atom is 0.0634 e. The van der Waals surface area contributed by atoms with Crippen LogP contribution >= 0.6 is 23.4 Å². The van der Waals surface area contributed by atoms with Gasteiger partial charge in [0.25, 0.3) is 0 Å². The maximum absolute atomic E-state index is 9.92. The van der Waals surface area contributed by atoms with E-state index in [-0.39, 0.29) is 6.10 Å². The number of hydrogen-bond acceptors (Lipinski definition) is 2. The van der Waals surface area contributed by atoms with Crippen LogP contribution in [0.1, 0.15) is 51.9 Å². The van der Waals surface area contributed by atoms with Crippen LogP contribution in [-0.4, -0.2) is 17.0 Å². The lowest BCUT2D eigenvalue weighted by atomic mass is 10.1. The molecule has 0 aliphatic carbocycles. The lowest BCUT2D eigenvalue weighted by molar-refractivity contribution is 0.185. The Labute approximate surface area is 126 Å². The second-order valence-corrected chi connectivity index (χ2v) is 6.51. The molecule has 0 saturated carbocycles. The SMILES string of the molecule is CCCCCCCCC(O)CSc1ccc(Cl)cc1. The summed E-state index contributed by atoms with van der Waals surface area (Å²) in [4.78, 5) is 1.17. The van der Waals surface area contributed by atoms with Gasteiger partial charge in [0.1, 0.15) is 0 Å². The molecule has 0 fully saturated rings. The predicted octanol–water partition coefficient (Wildman–Crippen LogP) is 5.54. The molecule has 1 unspecified atom stereocenters. The highest BCUT2D eigenvalue weighted by Gasteiger charge is 2.05. The lowest BCUT2D eigenvalue weighted by Crippen LogP contribution is -2.09. The summed E-state index contributed by atoms with van der Waals surface area (Å²) in [6.07, 6.45) is 8.42. The average Bonchev–Trinajstić information content (AvgIpc) is 2.42. The third kappa shape index (κ3) is 8.56. The summed E-state index contributed by atoms with van der Waals surface area (Å²) in [6, 6.07) is 7.79. The second kappa shape index (κ2) is 10.6. The summed E-state index contributed by atoms with van der Waals surface area (Å²) in [5.74, 6) is 0.774. The molecule has 1 atom stereocenters. The lowest BCUT2D eigenvalue weighted by Gasteiger charge is -2.10. The molecule has 1 rings (SSSR count). The van der Waals surface area contributed by atoms with Crippen molar-refractivity contribution in [2.75, 3.05) is 5.75 Å². The van der Waals surface area contributed by atoms with Gasteiger partial charge in [-0.2, -0.15) is 0 Å². The number of aliphatic hydroxyl groups is 1. The first kappa shape index (κ1) is 16.9. The minimum absolute atomic E-state index is 0.188. The Morgan fingerprint density at radius 1 is 1.05 bits per heavy atom. The van der Waals surface area contributed by atoms with Crippen molar-refractivity contribution in [2.24, 2.45) is 0 Å². The number of benzene rings is 1. The van der Waals surface area contributed by atoms with Crippen LogP contribution in [0, 0.1) is 0 Å². The van der Waals surface area contributed by atoms with Crippen LogP contribution in [-0.2, 0) is 0 Å². The average molecular weight is 301 g/mol. The zero-order chi connectivity index (χ0) is 13.9. The van der Waals surface area contributed by atoms with Crippen molar-refractivity contribution >= 4 is 23.4 Å². The molecule has 0 bridgehead atoms. The van der Waals surface area contributed by atoms with Gasteiger partial charge in [0.05, 0.1) is 6.10 Å². The summed E-state index contributed by atoms with van der Waals surface area (Å²) in [6.45, 7) is 2.23. The van der Waals surface area contributed by atoms with Gasteiger partial charge in [-0.05, 0) is 30.7 Å². The van der Waals surface area contributed by atoms with Crippen molar-refractivity contribution in [3.63, 3.8) is 0 Å². The molecule has 1 nitrogen and oxygen atoms in total.